The summed E-state index contributed by atoms with van der Waals surface area (Å²) in [4.78, 5) is 2.56. The highest BCUT2D eigenvalue weighted by Crippen LogP contribution is 2.41. The summed E-state index contributed by atoms with van der Waals surface area (Å²) in [7, 11) is 0. The molecule has 2 atom stereocenters. The maximum Gasteiger partial charge on any atom is 0.0681 e. The van der Waals surface area contributed by atoms with Gasteiger partial charge in [0.15, 0.2) is 0 Å². The topological polar surface area (TPSA) is 23.5 Å². The normalized spacial score (nSPS) is 24.0. The van der Waals surface area contributed by atoms with E-state index in [1.807, 2.05) is 6.07 Å². The second-order valence-corrected chi connectivity index (χ2v) is 5.06. The van der Waals surface area contributed by atoms with Gasteiger partial charge in [-0.1, -0.05) is 31.5 Å². The minimum absolute atomic E-state index is 0.142. The number of hydrogen-bond acceptors (Lipinski definition) is 2. The van der Waals surface area contributed by atoms with E-state index >= 15 is 0 Å². The van der Waals surface area contributed by atoms with Gasteiger partial charge in [-0.15, -0.1) is 0 Å². The number of hydrogen-bond donors (Lipinski definition) is 1. The fourth-order valence-corrected chi connectivity index (χ4v) is 2.89. The van der Waals surface area contributed by atoms with Gasteiger partial charge >= 0.3 is 0 Å². The summed E-state index contributed by atoms with van der Waals surface area (Å²) in [5.74, 6) is 0. The molecule has 1 aromatic carbocycles. The first-order valence-corrected chi connectivity index (χ1v) is 6.68. The van der Waals surface area contributed by atoms with Crippen molar-refractivity contribution in [1.29, 1.82) is 0 Å². The van der Waals surface area contributed by atoms with Crippen LogP contribution in [-0.2, 0) is 6.61 Å². The molecule has 1 aliphatic rings. The Balaban J connectivity index is 2.25. The molecular formula is C15H23NO. The monoisotopic (exact) mass is 233 g/mol. The van der Waals surface area contributed by atoms with Gasteiger partial charge in [0.25, 0.3) is 0 Å². The van der Waals surface area contributed by atoms with E-state index in [-0.39, 0.29) is 6.61 Å². The molecule has 1 heterocycles. The van der Waals surface area contributed by atoms with Gasteiger partial charge in [-0.25, -0.2) is 0 Å². The van der Waals surface area contributed by atoms with Crippen LogP contribution in [0.25, 0.3) is 0 Å². The maximum absolute atomic E-state index is 9.21. The molecule has 1 aromatic rings. The van der Waals surface area contributed by atoms with Gasteiger partial charge in [-0.05, 0) is 43.5 Å². The summed E-state index contributed by atoms with van der Waals surface area (Å²) in [6.45, 7) is 8.11. The largest absolute Gasteiger partial charge is 0.392 e. The lowest BCUT2D eigenvalue weighted by atomic mass is 10.0. The molecule has 0 aromatic heterocycles. The van der Waals surface area contributed by atoms with Gasteiger partial charge in [-0.2, -0.15) is 0 Å². The molecule has 1 aliphatic heterocycles. The van der Waals surface area contributed by atoms with E-state index in [2.05, 4.69) is 37.8 Å². The zero-order chi connectivity index (χ0) is 12.4. The zero-order valence-electron chi connectivity index (χ0n) is 11.1. The lowest BCUT2D eigenvalue weighted by Gasteiger charge is -2.26. The Morgan fingerprint density at radius 2 is 1.88 bits per heavy atom. The summed E-state index contributed by atoms with van der Waals surface area (Å²) >= 11 is 0. The van der Waals surface area contributed by atoms with Crippen LogP contribution >= 0.6 is 0 Å². The Kier molecular flexibility index (Phi) is 3.85. The summed E-state index contributed by atoms with van der Waals surface area (Å²) in [5, 5.41) is 9.21. The van der Waals surface area contributed by atoms with Crippen LogP contribution in [0.4, 0.5) is 0 Å². The molecule has 2 nitrogen and oxygen atoms in total. The van der Waals surface area contributed by atoms with Crippen molar-refractivity contribution in [3.63, 3.8) is 0 Å². The smallest absolute Gasteiger partial charge is 0.0681 e. The quantitative estimate of drug-likeness (QED) is 0.861. The number of rotatable bonds is 4. The molecule has 0 amide bonds. The van der Waals surface area contributed by atoms with Crippen molar-refractivity contribution in [2.75, 3.05) is 6.54 Å². The van der Waals surface area contributed by atoms with Crippen LogP contribution in [0.5, 0.6) is 0 Å². The summed E-state index contributed by atoms with van der Waals surface area (Å²) in [5.41, 5.74) is 3.87. The molecule has 94 valence electrons. The molecule has 0 fully saturated rings. The number of fused-ring (bicyclic) bond motifs is 1. The fourth-order valence-electron chi connectivity index (χ4n) is 2.89. The molecule has 0 spiro atoms. The maximum atomic E-state index is 9.21. The molecule has 1 N–H and O–H groups in total. The van der Waals surface area contributed by atoms with Crippen LogP contribution in [0.3, 0.4) is 0 Å². The van der Waals surface area contributed by atoms with Gasteiger partial charge in [0.05, 0.1) is 6.61 Å². The molecule has 0 saturated carbocycles. The first-order valence-electron chi connectivity index (χ1n) is 6.68. The first-order chi connectivity index (χ1) is 8.19. The summed E-state index contributed by atoms with van der Waals surface area (Å²) in [6, 6.07) is 7.40. The highest BCUT2D eigenvalue weighted by atomic mass is 16.3. The van der Waals surface area contributed by atoms with E-state index in [0.717, 1.165) is 5.56 Å². The molecule has 2 unspecified atom stereocenters. The predicted molar refractivity (Wildman–Crippen MR) is 70.8 cm³/mol. The van der Waals surface area contributed by atoms with Crippen molar-refractivity contribution in [1.82, 2.24) is 4.90 Å². The highest BCUT2D eigenvalue weighted by Gasteiger charge is 2.32. The number of aliphatic hydroxyl groups is 1. The van der Waals surface area contributed by atoms with E-state index in [1.165, 1.54) is 30.5 Å². The van der Waals surface area contributed by atoms with E-state index in [4.69, 9.17) is 0 Å². The Morgan fingerprint density at radius 3 is 2.53 bits per heavy atom. The Morgan fingerprint density at radius 1 is 1.18 bits per heavy atom. The Bertz CT molecular complexity index is 389. The van der Waals surface area contributed by atoms with Crippen LogP contribution in [0.1, 0.15) is 62.4 Å². The van der Waals surface area contributed by atoms with Crippen molar-refractivity contribution in [3.8, 4) is 0 Å². The van der Waals surface area contributed by atoms with Crippen LogP contribution in [-0.4, -0.2) is 16.6 Å². The number of benzene rings is 1. The van der Waals surface area contributed by atoms with Crippen LogP contribution in [0.2, 0.25) is 0 Å². The molecule has 0 saturated heterocycles. The number of aliphatic hydroxyl groups excluding tert-OH is 1. The minimum Gasteiger partial charge on any atom is -0.392 e. The molecule has 2 rings (SSSR count). The van der Waals surface area contributed by atoms with E-state index < -0.39 is 0 Å². The molecular weight excluding hydrogens is 210 g/mol. The fraction of sp³-hybridized carbons (Fsp3) is 0.600. The molecule has 2 heteroatoms. The standard InChI is InChI=1S/C15H23NO/c1-4-5-8-16-11(2)14-7-6-13(10-17)9-15(14)12(16)3/h6-7,9,11-12,17H,4-5,8,10H2,1-3H3. The first kappa shape index (κ1) is 12.6. The number of unbranched alkanes of at least 4 members (excludes halogenated alkanes) is 1. The van der Waals surface area contributed by atoms with Crippen molar-refractivity contribution >= 4 is 0 Å². The second-order valence-electron chi connectivity index (χ2n) is 5.06. The van der Waals surface area contributed by atoms with E-state index in [9.17, 15) is 5.11 Å². The summed E-state index contributed by atoms with van der Waals surface area (Å²) < 4.78 is 0. The third kappa shape index (κ3) is 2.24. The molecule has 17 heavy (non-hydrogen) atoms. The van der Waals surface area contributed by atoms with Crippen molar-refractivity contribution in [3.05, 3.63) is 34.9 Å². The van der Waals surface area contributed by atoms with E-state index in [0.29, 0.717) is 12.1 Å². The van der Waals surface area contributed by atoms with E-state index in [1.54, 1.807) is 0 Å². The lowest BCUT2D eigenvalue weighted by Crippen LogP contribution is -2.24. The van der Waals surface area contributed by atoms with Gasteiger partial charge in [0, 0.05) is 12.1 Å². The van der Waals surface area contributed by atoms with Crippen molar-refractivity contribution < 1.29 is 5.11 Å². The van der Waals surface area contributed by atoms with Gasteiger partial charge in [-0.3, -0.25) is 4.90 Å². The Hall–Kier alpha value is -0.860. The zero-order valence-corrected chi connectivity index (χ0v) is 11.1. The van der Waals surface area contributed by atoms with Crippen LogP contribution < -0.4 is 0 Å². The minimum atomic E-state index is 0.142. The average Bonchev–Trinajstić information content (AvgIpc) is 2.59. The van der Waals surface area contributed by atoms with Gasteiger partial charge in [0.1, 0.15) is 0 Å². The van der Waals surface area contributed by atoms with Crippen molar-refractivity contribution in [2.24, 2.45) is 0 Å². The SMILES string of the molecule is CCCCN1C(C)c2ccc(CO)cc2C1C. The Labute approximate surface area is 104 Å². The lowest BCUT2D eigenvalue weighted by molar-refractivity contribution is 0.180. The number of nitrogens with zero attached hydrogens (tertiary/aromatic N) is 1. The van der Waals surface area contributed by atoms with Gasteiger partial charge in [0.2, 0.25) is 0 Å². The molecule has 0 bridgehead atoms. The van der Waals surface area contributed by atoms with Crippen molar-refractivity contribution in [2.45, 2.75) is 52.3 Å². The predicted octanol–water partition coefficient (Wildman–Crippen LogP) is 3.42. The van der Waals surface area contributed by atoms with Crippen LogP contribution in [0, 0.1) is 0 Å². The average molecular weight is 233 g/mol. The van der Waals surface area contributed by atoms with Crippen LogP contribution in [0.15, 0.2) is 18.2 Å². The highest BCUT2D eigenvalue weighted by molar-refractivity contribution is 5.39. The third-order valence-electron chi connectivity index (χ3n) is 4.00. The third-order valence-corrected chi connectivity index (χ3v) is 4.00. The second kappa shape index (κ2) is 5.19. The molecule has 0 radical (unpaired) electrons. The summed E-state index contributed by atoms with van der Waals surface area (Å²) in [6.07, 6.45) is 2.50. The molecule has 0 aliphatic carbocycles. The van der Waals surface area contributed by atoms with Gasteiger partial charge < -0.3 is 5.11 Å².